The van der Waals surface area contributed by atoms with Crippen LogP contribution in [0.1, 0.15) is 16.2 Å². The summed E-state index contributed by atoms with van der Waals surface area (Å²) in [7, 11) is 0. The van der Waals surface area contributed by atoms with E-state index in [2.05, 4.69) is 19.9 Å². The number of aromatic amines is 2. The summed E-state index contributed by atoms with van der Waals surface area (Å²) in [4.78, 5) is 26.7. The van der Waals surface area contributed by atoms with Crippen LogP contribution in [0.3, 0.4) is 0 Å². The molecule has 122 valence electrons. The molecule has 0 spiro atoms. The monoisotopic (exact) mass is 351 g/mol. The van der Waals surface area contributed by atoms with Crippen LogP contribution in [0.4, 0.5) is 0 Å². The summed E-state index contributed by atoms with van der Waals surface area (Å²) in [5, 5.41) is 0.227. The third-order valence-electron chi connectivity index (χ3n) is 3.61. The molecule has 0 saturated carbocycles. The summed E-state index contributed by atoms with van der Waals surface area (Å²) in [5.74, 6) is 0.986. The molecule has 6 nitrogen and oxygen atoms in total. The number of hydrogen-bond acceptors (Lipinski definition) is 4. The van der Waals surface area contributed by atoms with Gasteiger partial charge in [0.05, 0.1) is 17.2 Å². The molecule has 0 aliphatic carbocycles. The minimum absolute atomic E-state index is 0.186. The first-order chi connectivity index (χ1) is 12.2. The van der Waals surface area contributed by atoms with Crippen LogP contribution in [0.25, 0.3) is 11.0 Å². The van der Waals surface area contributed by atoms with Gasteiger partial charge in [0.15, 0.2) is 12.0 Å². The summed E-state index contributed by atoms with van der Waals surface area (Å²) in [5.41, 5.74) is 2.09. The number of H-pyrrole nitrogens is 2. The highest BCUT2D eigenvalue weighted by atomic mass is 35.5. The molecular weight excluding hydrogens is 340 g/mol. The van der Waals surface area contributed by atoms with Crippen molar-refractivity contribution in [1.29, 1.82) is 0 Å². The number of rotatable bonds is 4. The van der Waals surface area contributed by atoms with E-state index in [0.29, 0.717) is 23.0 Å². The van der Waals surface area contributed by atoms with Gasteiger partial charge < -0.3 is 9.72 Å². The molecule has 4 aromatic rings. The van der Waals surface area contributed by atoms with Crippen LogP contribution in [0.15, 0.2) is 60.9 Å². The third-order valence-corrected chi connectivity index (χ3v) is 3.87. The number of benzene rings is 2. The Morgan fingerprint density at radius 3 is 2.68 bits per heavy atom. The van der Waals surface area contributed by atoms with Gasteiger partial charge in [0.1, 0.15) is 5.75 Å². The van der Waals surface area contributed by atoms with Crippen molar-refractivity contribution in [2.75, 3.05) is 0 Å². The van der Waals surface area contributed by atoms with Gasteiger partial charge in [-0.25, -0.2) is 9.97 Å². The fraction of sp³-hybridized carbons (Fsp3) is 0. The summed E-state index contributed by atoms with van der Waals surface area (Å²) >= 11 is 5.94. The van der Waals surface area contributed by atoms with Crippen molar-refractivity contribution in [1.82, 2.24) is 15.0 Å². The fourth-order valence-corrected chi connectivity index (χ4v) is 2.54. The third kappa shape index (κ3) is 3.07. The Hall–Kier alpha value is -3.25. The topological polar surface area (TPSA) is 82.0 Å². The van der Waals surface area contributed by atoms with Gasteiger partial charge >= 0.3 is 5.88 Å². The number of carbonyl (C=O) groups is 1. The van der Waals surface area contributed by atoms with E-state index in [1.165, 1.54) is 6.20 Å². The highest BCUT2D eigenvalue weighted by molar-refractivity contribution is 6.30. The lowest BCUT2D eigenvalue weighted by Crippen LogP contribution is -2.07. The predicted octanol–water partition coefficient (Wildman–Crippen LogP) is 3.45. The molecule has 2 heterocycles. The lowest BCUT2D eigenvalue weighted by atomic mass is 10.1. The highest BCUT2D eigenvalue weighted by Gasteiger charge is 2.15. The molecule has 0 amide bonds. The summed E-state index contributed by atoms with van der Waals surface area (Å²) in [6.07, 6.45) is 3.14. The summed E-state index contributed by atoms with van der Waals surface area (Å²) in [6.45, 7) is 0. The molecule has 2 N–H and O–H groups in total. The van der Waals surface area contributed by atoms with E-state index in [1.807, 2.05) is 24.3 Å². The van der Waals surface area contributed by atoms with Crippen LogP contribution in [-0.4, -0.2) is 20.7 Å². The van der Waals surface area contributed by atoms with E-state index in [-0.39, 0.29) is 10.9 Å². The van der Waals surface area contributed by atoms with Crippen LogP contribution in [0.5, 0.6) is 11.6 Å². The zero-order valence-electron chi connectivity index (χ0n) is 12.9. The van der Waals surface area contributed by atoms with E-state index < -0.39 is 0 Å². The first kappa shape index (κ1) is 15.3. The molecule has 2 aromatic carbocycles. The number of ketones is 1. The quantitative estimate of drug-likeness (QED) is 0.571. The Balaban J connectivity index is 1.57. The maximum absolute atomic E-state index is 12.6. The highest BCUT2D eigenvalue weighted by Crippen LogP contribution is 2.23. The van der Waals surface area contributed by atoms with Gasteiger partial charge in [0, 0.05) is 5.56 Å². The molecule has 0 bridgehead atoms. The Bertz CT molecular complexity index is 1030. The van der Waals surface area contributed by atoms with E-state index >= 15 is 0 Å². The van der Waals surface area contributed by atoms with Crippen molar-refractivity contribution in [2.45, 2.75) is 0 Å². The van der Waals surface area contributed by atoms with Crippen molar-refractivity contribution >= 4 is 28.4 Å². The fourth-order valence-electron chi connectivity index (χ4n) is 2.39. The molecule has 0 fully saturated rings. The summed E-state index contributed by atoms with van der Waals surface area (Å²) in [6, 6.07) is 14.2. The van der Waals surface area contributed by atoms with Crippen LogP contribution in [0, 0.1) is 0 Å². The number of nitrogens with one attached hydrogen (secondary N) is 2. The number of halogens is 1. The number of hydrogen-bond donors (Lipinski definition) is 1. The molecule has 0 aliphatic rings. The standard InChI is InChI=1S/C18H11ClN4O2/c19-16-18(21-10-9-20-16)25-12-7-5-11(6-8-12)15(24)17-22-13-3-1-2-4-14(13)23-17/h1-10H,(H,22,23)/p+1. The first-order valence-electron chi connectivity index (χ1n) is 7.50. The number of imidazole rings is 1. The molecule has 0 saturated heterocycles. The molecule has 0 aliphatic heterocycles. The van der Waals surface area contributed by atoms with E-state index in [0.717, 1.165) is 11.0 Å². The van der Waals surface area contributed by atoms with Crippen molar-refractivity contribution < 1.29 is 14.5 Å². The first-order valence-corrected chi connectivity index (χ1v) is 7.88. The maximum Gasteiger partial charge on any atom is 0.410 e. The summed E-state index contributed by atoms with van der Waals surface area (Å²) < 4.78 is 5.61. The zero-order valence-corrected chi connectivity index (χ0v) is 13.6. The lowest BCUT2D eigenvalue weighted by Gasteiger charge is -2.02. The van der Waals surface area contributed by atoms with Gasteiger partial charge in [0.2, 0.25) is 10.9 Å². The molecule has 0 unspecified atom stereocenters. The van der Waals surface area contributed by atoms with E-state index in [4.69, 9.17) is 16.3 Å². The number of nitrogens with zero attached hydrogens (tertiary/aromatic N) is 2. The molecule has 0 radical (unpaired) electrons. The Morgan fingerprint density at radius 1 is 1.12 bits per heavy atom. The second kappa shape index (κ2) is 6.33. The Labute approximate surface area is 147 Å². The number of ether oxygens (including phenoxy) is 1. The largest absolute Gasteiger partial charge is 0.410 e. The van der Waals surface area contributed by atoms with E-state index in [9.17, 15) is 4.79 Å². The van der Waals surface area contributed by atoms with Gasteiger partial charge in [-0.05, 0) is 36.4 Å². The molecule has 7 heteroatoms. The average molecular weight is 352 g/mol. The Morgan fingerprint density at radius 2 is 1.92 bits per heavy atom. The van der Waals surface area contributed by atoms with Crippen LogP contribution in [-0.2, 0) is 0 Å². The minimum atomic E-state index is -0.186. The average Bonchev–Trinajstić information content (AvgIpc) is 3.08. The van der Waals surface area contributed by atoms with Crippen molar-refractivity contribution in [3.63, 3.8) is 0 Å². The zero-order chi connectivity index (χ0) is 17.2. The van der Waals surface area contributed by atoms with Gasteiger partial charge in [-0.1, -0.05) is 23.7 Å². The molecule has 2 aromatic heterocycles. The molecular formula is C18H12ClN4O2+. The van der Waals surface area contributed by atoms with Crippen molar-refractivity contribution in [3.05, 3.63) is 77.5 Å². The molecule has 25 heavy (non-hydrogen) atoms. The van der Waals surface area contributed by atoms with Gasteiger partial charge in [-0.3, -0.25) is 4.79 Å². The number of fused-ring (bicyclic) bond motifs is 1. The van der Waals surface area contributed by atoms with Crippen molar-refractivity contribution in [2.24, 2.45) is 0 Å². The number of aromatic nitrogens is 4. The van der Waals surface area contributed by atoms with Crippen LogP contribution >= 0.6 is 11.6 Å². The second-order valence-electron chi connectivity index (χ2n) is 5.27. The van der Waals surface area contributed by atoms with Gasteiger partial charge in [-0.2, -0.15) is 4.98 Å². The second-order valence-corrected chi connectivity index (χ2v) is 5.63. The Kier molecular flexibility index (Phi) is 3.87. The lowest BCUT2D eigenvalue weighted by molar-refractivity contribution is -0.391. The normalized spacial score (nSPS) is 10.8. The molecule has 0 atom stereocenters. The SMILES string of the molecule is O=C(c1ccc(Oc2[nH+]ccnc2Cl)cc1)c1nc2ccccc2[nH]1. The predicted molar refractivity (Wildman–Crippen MR) is 91.8 cm³/mol. The maximum atomic E-state index is 12.6. The van der Waals surface area contributed by atoms with Crippen LogP contribution in [0.2, 0.25) is 5.15 Å². The minimum Gasteiger partial charge on any atom is -0.403 e. The number of carbonyl (C=O) groups excluding carboxylic acids is 1. The smallest absolute Gasteiger partial charge is 0.403 e. The molecule has 4 rings (SSSR count). The van der Waals surface area contributed by atoms with Crippen molar-refractivity contribution in [3.8, 4) is 11.6 Å². The van der Waals surface area contributed by atoms with Gasteiger partial charge in [-0.15, -0.1) is 0 Å². The van der Waals surface area contributed by atoms with Crippen LogP contribution < -0.4 is 9.72 Å². The number of para-hydroxylation sites is 2. The van der Waals surface area contributed by atoms with Gasteiger partial charge in [0.25, 0.3) is 0 Å². The van der Waals surface area contributed by atoms with E-state index in [1.54, 1.807) is 30.5 Å².